The number of nitrogens with two attached hydrogens (primary N) is 1. The first-order valence-corrected chi connectivity index (χ1v) is 6.30. The molecule has 2 nitrogen and oxygen atoms in total. The summed E-state index contributed by atoms with van der Waals surface area (Å²) in [5.41, 5.74) is 5.38. The normalized spacial score (nSPS) is 12.6. The lowest BCUT2D eigenvalue weighted by atomic mass is 10.2. The van der Waals surface area contributed by atoms with E-state index in [1.165, 1.54) is 0 Å². The van der Waals surface area contributed by atoms with Crippen LogP contribution >= 0.6 is 0 Å². The molecule has 0 saturated carbocycles. The van der Waals surface area contributed by atoms with E-state index in [2.05, 4.69) is 0 Å². The van der Waals surface area contributed by atoms with Crippen LogP contribution in [-0.2, 0) is 10.8 Å². The van der Waals surface area contributed by atoms with Crippen LogP contribution in [0.3, 0.4) is 0 Å². The molecule has 0 amide bonds. The van der Waals surface area contributed by atoms with Gasteiger partial charge in [0, 0.05) is 10.6 Å². The van der Waals surface area contributed by atoms with Crippen molar-refractivity contribution in [1.82, 2.24) is 0 Å². The van der Waals surface area contributed by atoms with Crippen LogP contribution in [0.25, 0.3) is 0 Å². The number of hydrogen-bond donors (Lipinski definition) is 1. The number of hydrogen-bond acceptors (Lipinski definition) is 2. The van der Waals surface area contributed by atoms with E-state index in [0.29, 0.717) is 0 Å². The Bertz CT molecular complexity index is 274. The van der Waals surface area contributed by atoms with E-state index in [0.717, 1.165) is 36.5 Å². The molecule has 0 heterocycles. The summed E-state index contributed by atoms with van der Waals surface area (Å²) in [7, 11) is -0.828. The summed E-state index contributed by atoms with van der Waals surface area (Å²) >= 11 is 0. The Kier molecular flexibility index (Phi) is 5.49. The fourth-order valence-electron chi connectivity index (χ4n) is 1.24. The Morgan fingerprint density at radius 2 is 1.79 bits per heavy atom. The van der Waals surface area contributed by atoms with Crippen LogP contribution in [0, 0.1) is 0 Å². The predicted molar refractivity (Wildman–Crippen MR) is 60.6 cm³/mol. The van der Waals surface area contributed by atoms with Crippen LogP contribution in [0.5, 0.6) is 0 Å². The average Bonchev–Trinajstić information content (AvgIpc) is 2.25. The zero-order valence-electron chi connectivity index (χ0n) is 8.32. The molecule has 0 radical (unpaired) electrons. The Hall–Kier alpha value is -0.670. The SMILES string of the molecule is NCCCCCS(=O)c1ccccc1. The Morgan fingerprint density at radius 3 is 2.43 bits per heavy atom. The van der Waals surface area contributed by atoms with E-state index >= 15 is 0 Å². The first-order chi connectivity index (χ1) is 6.84. The highest BCUT2D eigenvalue weighted by Crippen LogP contribution is 2.07. The molecule has 1 atom stereocenters. The number of rotatable bonds is 6. The Balaban J connectivity index is 2.29. The van der Waals surface area contributed by atoms with Crippen molar-refractivity contribution in [3.63, 3.8) is 0 Å². The molecule has 78 valence electrons. The van der Waals surface area contributed by atoms with Gasteiger partial charge in [-0.15, -0.1) is 0 Å². The molecular weight excluding hydrogens is 194 g/mol. The minimum Gasteiger partial charge on any atom is -0.330 e. The third-order valence-electron chi connectivity index (χ3n) is 2.04. The van der Waals surface area contributed by atoms with Gasteiger partial charge in [-0.25, -0.2) is 0 Å². The molecule has 1 aromatic carbocycles. The van der Waals surface area contributed by atoms with Gasteiger partial charge in [-0.2, -0.15) is 0 Å². The summed E-state index contributed by atoms with van der Waals surface area (Å²) in [5, 5.41) is 0. The maximum atomic E-state index is 11.7. The van der Waals surface area contributed by atoms with Crippen molar-refractivity contribution in [2.24, 2.45) is 5.73 Å². The molecule has 0 aromatic heterocycles. The molecule has 0 fully saturated rings. The maximum Gasteiger partial charge on any atom is 0.0529 e. The van der Waals surface area contributed by atoms with Crippen molar-refractivity contribution in [2.75, 3.05) is 12.3 Å². The molecule has 0 saturated heterocycles. The second-order valence-electron chi connectivity index (χ2n) is 3.21. The van der Waals surface area contributed by atoms with Gasteiger partial charge >= 0.3 is 0 Å². The van der Waals surface area contributed by atoms with Crippen LogP contribution in [0.15, 0.2) is 35.2 Å². The second kappa shape index (κ2) is 6.74. The number of unbranched alkanes of at least 4 members (excludes halogenated alkanes) is 2. The maximum absolute atomic E-state index is 11.7. The van der Waals surface area contributed by atoms with Gasteiger partial charge in [0.05, 0.1) is 10.8 Å². The van der Waals surface area contributed by atoms with Crippen LogP contribution in [0.4, 0.5) is 0 Å². The van der Waals surface area contributed by atoms with Crippen molar-refractivity contribution in [2.45, 2.75) is 24.2 Å². The van der Waals surface area contributed by atoms with Gasteiger partial charge in [-0.3, -0.25) is 4.21 Å². The van der Waals surface area contributed by atoms with Crippen molar-refractivity contribution in [3.05, 3.63) is 30.3 Å². The zero-order chi connectivity index (χ0) is 10.2. The molecule has 1 aromatic rings. The minimum atomic E-state index is -0.828. The van der Waals surface area contributed by atoms with Gasteiger partial charge in [0.1, 0.15) is 0 Å². The van der Waals surface area contributed by atoms with Crippen LogP contribution in [0.2, 0.25) is 0 Å². The molecule has 0 spiro atoms. The molecule has 2 N–H and O–H groups in total. The van der Waals surface area contributed by atoms with Gasteiger partial charge in [-0.1, -0.05) is 24.6 Å². The molecule has 0 bridgehead atoms. The van der Waals surface area contributed by atoms with E-state index in [-0.39, 0.29) is 0 Å². The second-order valence-corrected chi connectivity index (χ2v) is 4.78. The van der Waals surface area contributed by atoms with E-state index in [1.807, 2.05) is 30.3 Å². The topological polar surface area (TPSA) is 43.1 Å². The first kappa shape index (κ1) is 11.4. The third kappa shape index (κ3) is 4.03. The summed E-state index contributed by atoms with van der Waals surface area (Å²) in [4.78, 5) is 0.931. The van der Waals surface area contributed by atoms with Gasteiger partial charge in [-0.05, 0) is 31.5 Å². The molecule has 0 aliphatic rings. The highest BCUT2D eigenvalue weighted by molar-refractivity contribution is 7.85. The summed E-state index contributed by atoms with van der Waals surface area (Å²) in [5.74, 6) is 0.754. The van der Waals surface area contributed by atoms with Gasteiger partial charge in [0.15, 0.2) is 0 Å². The highest BCUT2D eigenvalue weighted by atomic mass is 32.2. The summed E-state index contributed by atoms with van der Waals surface area (Å²) < 4.78 is 11.7. The molecular formula is C11H17NOS. The van der Waals surface area contributed by atoms with Crippen molar-refractivity contribution < 1.29 is 4.21 Å². The average molecular weight is 211 g/mol. The van der Waals surface area contributed by atoms with Gasteiger partial charge in [0.25, 0.3) is 0 Å². The van der Waals surface area contributed by atoms with E-state index in [9.17, 15) is 4.21 Å². The summed E-state index contributed by atoms with van der Waals surface area (Å²) in [6, 6.07) is 9.62. The summed E-state index contributed by atoms with van der Waals surface area (Å²) in [6.07, 6.45) is 3.11. The minimum absolute atomic E-state index is 0.734. The lowest BCUT2D eigenvalue weighted by Crippen LogP contribution is -2.01. The lowest BCUT2D eigenvalue weighted by molar-refractivity contribution is 0.673. The fourth-order valence-corrected chi connectivity index (χ4v) is 2.41. The van der Waals surface area contributed by atoms with Crippen molar-refractivity contribution in [3.8, 4) is 0 Å². The molecule has 14 heavy (non-hydrogen) atoms. The molecule has 3 heteroatoms. The van der Waals surface area contributed by atoms with E-state index in [4.69, 9.17) is 5.73 Å². The van der Waals surface area contributed by atoms with E-state index in [1.54, 1.807) is 0 Å². The quantitative estimate of drug-likeness (QED) is 0.731. The van der Waals surface area contributed by atoms with Crippen LogP contribution in [-0.4, -0.2) is 16.5 Å². The van der Waals surface area contributed by atoms with E-state index < -0.39 is 10.8 Å². The summed E-state index contributed by atoms with van der Waals surface area (Å²) in [6.45, 7) is 0.734. The smallest absolute Gasteiger partial charge is 0.0529 e. The lowest BCUT2D eigenvalue weighted by Gasteiger charge is -2.01. The third-order valence-corrected chi connectivity index (χ3v) is 3.50. The number of benzene rings is 1. The first-order valence-electron chi connectivity index (χ1n) is 4.98. The van der Waals surface area contributed by atoms with Gasteiger partial charge < -0.3 is 5.73 Å². The van der Waals surface area contributed by atoms with Crippen LogP contribution in [0.1, 0.15) is 19.3 Å². The van der Waals surface area contributed by atoms with Crippen LogP contribution < -0.4 is 5.73 Å². The molecule has 0 aliphatic heterocycles. The predicted octanol–water partition coefficient (Wildman–Crippen LogP) is 1.92. The monoisotopic (exact) mass is 211 g/mol. The van der Waals surface area contributed by atoms with Crippen molar-refractivity contribution in [1.29, 1.82) is 0 Å². The molecule has 1 rings (SSSR count). The molecule has 1 unspecified atom stereocenters. The zero-order valence-corrected chi connectivity index (χ0v) is 9.13. The van der Waals surface area contributed by atoms with Gasteiger partial charge in [0.2, 0.25) is 0 Å². The Labute approximate surface area is 88.0 Å². The van der Waals surface area contributed by atoms with Crippen molar-refractivity contribution >= 4 is 10.8 Å². The standard InChI is InChI=1S/C11H17NOS/c12-9-5-2-6-10-14(13)11-7-3-1-4-8-11/h1,3-4,7-8H,2,5-6,9-10,12H2. The molecule has 0 aliphatic carbocycles. The Morgan fingerprint density at radius 1 is 1.07 bits per heavy atom. The highest BCUT2D eigenvalue weighted by Gasteiger charge is 2.01. The fraction of sp³-hybridized carbons (Fsp3) is 0.455. The largest absolute Gasteiger partial charge is 0.330 e.